The van der Waals surface area contributed by atoms with Gasteiger partial charge in [-0.25, -0.2) is 22.2 Å². The molecular formula is C28H31F4N3O5. The van der Waals surface area contributed by atoms with Crippen LogP contribution in [0.4, 0.5) is 17.6 Å². The van der Waals surface area contributed by atoms with E-state index in [0.717, 1.165) is 11.0 Å². The number of aromatic nitrogens is 2. The molecule has 216 valence electrons. The normalized spacial score (nSPS) is 12.9. The number of nitrogens with zero attached hydrogens (tertiary/aromatic N) is 3. The minimum Gasteiger partial charge on any atom is -0.481 e. The Morgan fingerprint density at radius 2 is 1.60 bits per heavy atom. The van der Waals surface area contributed by atoms with Crippen LogP contribution in [0.5, 0.6) is 0 Å². The van der Waals surface area contributed by atoms with Crippen LogP contribution in [0.3, 0.4) is 0 Å². The van der Waals surface area contributed by atoms with Crippen molar-refractivity contribution >= 4 is 11.9 Å². The molecule has 2 atom stereocenters. The number of hydrogen-bond donors (Lipinski definition) is 3. The highest BCUT2D eigenvalue weighted by Gasteiger charge is 2.29. The second kappa shape index (κ2) is 13.1. The number of amides is 1. The van der Waals surface area contributed by atoms with E-state index in [2.05, 4.69) is 5.10 Å². The summed E-state index contributed by atoms with van der Waals surface area (Å²) in [5, 5.41) is 33.6. The molecule has 8 nitrogen and oxygen atoms in total. The first-order valence-electron chi connectivity index (χ1n) is 12.6. The zero-order valence-electron chi connectivity index (χ0n) is 22.2. The molecule has 0 saturated carbocycles. The van der Waals surface area contributed by atoms with E-state index in [4.69, 9.17) is 5.11 Å². The molecule has 3 rings (SSSR count). The Hall–Kier alpha value is -3.77. The summed E-state index contributed by atoms with van der Waals surface area (Å²) >= 11 is 0. The van der Waals surface area contributed by atoms with Crippen LogP contribution in [0.2, 0.25) is 0 Å². The van der Waals surface area contributed by atoms with Gasteiger partial charge in [0.2, 0.25) is 0 Å². The Balaban J connectivity index is 1.99. The summed E-state index contributed by atoms with van der Waals surface area (Å²) in [6.45, 7) is 3.02. The predicted molar refractivity (Wildman–Crippen MR) is 137 cm³/mol. The van der Waals surface area contributed by atoms with E-state index in [1.54, 1.807) is 13.8 Å². The quantitative estimate of drug-likeness (QED) is 0.222. The van der Waals surface area contributed by atoms with Gasteiger partial charge < -0.3 is 20.2 Å². The van der Waals surface area contributed by atoms with Gasteiger partial charge in [-0.15, -0.1) is 0 Å². The van der Waals surface area contributed by atoms with Gasteiger partial charge in [-0.1, -0.05) is 13.8 Å². The lowest BCUT2D eigenvalue weighted by Gasteiger charge is -2.19. The number of carbonyl (C=O) groups excluding carboxylic acids is 1. The van der Waals surface area contributed by atoms with E-state index in [1.165, 1.54) is 36.0 Å². The largest absolute Gasteiger partial charge is 0.481 e. The van der Waals surface area contributed by atoms with Crippen LogP contribution < -0.4 is 0 Å². The summed E-state index contributed by atoms with van der Waals surface area (Å²) in [6, 6.07) is 6.72. The molecule has 12 heteroatoms. The minimum atomic E-state index is -1.40. The number of carboxylic acids is 1. The summed E-state index contributed by atoms with van der Waals surface area (Å²) < 4.78 is 57.3. The van der Waals surface area contributed by atoms with Gasteiger partial charge in [-0.2, -0.15) is 5.10 Å². The third-order valence-electron chi connectivity index (χ3n) is 6.42. The molecule has 1 aromatic heterocycles. The molecular weight excluding hydrogens is 534 g/mol. The van der Waals surface area contributed by atoms with Crippen LogP contribution in [0, 0.1) is 23.3 Å². The molecule has 0 unspecified atom stereocenters. The van der Waals surface area contributed by atoms with Gasteiger partial charge in [0.05, 0.1) is 30.9 Å². The predicted octanol–water partition coefficient (Wildman–Crippen LogP) is 4.34. The zero-order chi connectivity index (χ0) is 29.7. The molecule has 0 aliphatic heterocycles. The molecule has 0 radical (unpaired) electrons. The minimum absolute atomic E-state index is 0.0468. The number of benzene rings is 2. The van der Waals surface area contributed by atoms with Crippen molar-refractivity contribution in [1.82, 2.24) is 14.7 Å². The molecule has 0 bridgehead atoms. The van der Waals surface area contributed by atoms with Gasteiger partial charge in [0.1, 0.15) is 11.6 Å². The van der Waals surface area contributed by atoms with Crippen LogP contribution in [0.15, 0.2) is 36.4 Å². The maximum atomic E-state index is 14.3. The number of aliphatic carboxylic acids is 1. The second-order valence-corrected chi connectivity index (χ2v) is 9.91. The number of aliphatic hydroxyl groups excluding tert-OH is 2. The van der Waals surface area contributed by atoms with Crippen molar-refractivity contribution in [3.05, 3.63) is 82.2 Å². The van der Waals surface area contributed by atoms with Crippen molar-refractivity contribution in [3.8, 4) is 5.69 Å². The first kappa shape index (κ1) is 30.8. The van der Waals surface area contributed by atoms with Gasteiger partial charge >= 0.3 is 5.97 Å². The summed E-state index contributed by atoms with van der Waals surface area (Å²) in [6.07, 6.45) is -2.83. The molecule has 1 amide bonds. The van der Waals surface area contributed by atoms with Crippen LogP contribution >= 0.6 is 0 Å². The highest BCUT2D eigenvalue weighted by molar-refractivity contribution is 5.94. The summed E-state index contributed by atoms with van der Waals surface area (Å²) in [7, 11) is 1.29. The van der Waals surface area contributed by atoms with Crippen molar-refractivity contribution in [2.24, 2.45) is 0 Å². The van der Waals surface area contributed by atoms with Crippen LogP contribution in [0.25, 0.3) is 5.69 Å². The van der Waals surface area contributed by atoms with Crippen LogP contribution in [-0.2, 0) is 17.8 Å². The Morgan fingerprint density at radius 3 is 2.20 bits per heavy atom. The third-order valence-corrected chi connectivity index (χ3v) is 6.42. The van der Waals surface area contributed by atoms with E-state index in [0.29, 0.717) is 23.0 Å². The number of hydrogen-bond acceptors (Lipinski definition) is 5. The Kier molecular flexibility index (Phi) is 10.0. The lowest BCUT2D eigenvalue weighted by Crippen LogP contribution is -2.28. The molecule has 0 spiro atoms. The van der Waals surface area contributed by atoms with Gasteiger partial charge in [0, 0.05) is 23.9 Å². The van der Waals surface area contributed by atoms with Crippen molar-refractivity contribution in [3.63, 3.8) is 0 Å². The van der Waals surface area contributed by atoms with Crippen molar-refractivity contribution in [2.45, 2.75) is 64.2 Å². The third kappa shape index (κ3) is 7.24. The van der Waals surface area contributed by atoms with Gasteiger partial charge in [0.25, 0.3) is 5.91 Å². The summed E-state index contributed by atoms with van der Waals surface area (Å²) in [5.74, 6) is -6.38. The zero-order valence-corrected chi connectivity index (χ0v) is 22.2. The number of carboxylic acid groups (broad SMARTS) is 1. The average Bonchev–Trinajstić information content (AvgIpc) is 3.26. The Morgan fingerprint density at radius 1 is 0.975 bits per heavy atom. The lowest BCUT2D eigenvalue weighted by atomic mass is 9.95. The topological polar surface area (TPSA) is 116 Å². The molecule has 0 saturated heterocycles. The van der Waals surface area contributed by atoms with E-state index in [9.17, 15) is 37.4 Å². The fraction of sp³-hybridized carbons (Fsp3) is 0.393. The van der Waals surface area contributed by atoms with Gasteiger partial charge in [-0.05, 0) is 61.6 Å². The fourth-order valence-electron chi connectivity index (χ4n) is 4.49. The van der Waals surface area contributed by atoms with Crippen molar-refractivity contribution in [2.75, 3.05) is 7.05 Å². The average molecular weight is 566 g/mol. The SMILES string of the molecule is CC(C)c1c(C(=O)N(C)Cc2c(F)ccc(F)c2F)nn(-c2ccc(F)cc2)c1CC[C@@H](O)C[C@@H](O)CC(=O)O. The van der Waals surface area contributed by atoms with Crippen molar-refractivity contribution < 1.29 is 42.5 Å². The number of rotatable bonds is 12. The van der Waals surface area contributed by atoms with E-state index >= 15 is 0 Å². The molecule has 40 heavy (non-hydrogen) atoms. The number of halogens is 4. The van der Waals surface area contributed by atoms with E-state index in [-0.39, 0.29) is 30.9 Å². The Bertz CT molecular complexity index is 1360. The highest BCUT2D eigenvalue weighted by Crippen LogP contribution is 2.30. The van der Waals surface area contributed by atoms with Crippen molar-refractivity contribution in [1.29, 1.82) is 0 Å². The van der Waals surface area contributed by atoms with E-state index in [1.807, 2.05) is 0 Å². The molecule has 2 aromatic carbocycles. The lowest BCUT2D eigenvalue weighted by molar-refractivity contribution is -0.139. The Labute approximate surface area is 228 Å². The number of carbonyl (C=O) groups is 2. The maximum absolute atomic E-state index is 14.3. The maximum Gasteiger partial charge on any atom is 0.305 e. The number of aliphatic hydroxyl groups is 2. The molecule has 0 fully saturated rings. The first-order valence-corrected chi connectivity index (χ1v) is 12.6. The van der Waals surface area contributed by atoms with Crippen LogP contribution in [0.1, 0.15) is 66.3 Å². The standard InChI is InChI=1S/C28H31F4N3O5/c1-15(2)25-23(11-8-18(36)12-19(37)13-24(38)39)35(17-6-4-16(29)5-7-17)33-27(25)28(40)34(3)14-20-21(30)9-10-22(31)26(20)32/h4-7,9-10,15,18-19,36-37H,8,11-14H2,1-3H3,(H,38,39)/t18-,19-/m1/s1. The van der Waals surface area contributed by atoms with Crippen LogP contribution in [-0.4, -0.2) is 61.1 Å². The fourth-order valence-corrected chi connectivity index (χ4v) is 4.49. The summed E-state index contributed by atoms with van der Waals surface area (Å²) in [4.78, 5) is 25.4. The van der Waals surface area contributed by atoms with Gasteiger partial charge in [0.15, 0.2) is 17.3 Å². The summed E-state index contributed by atoms with van der Waals surface area (Å²) in [5.41, 5.74) is 0.702. The van der Waals surface area contributed by atoms with E-state index < -0.39 is 65.9 Å². The molecule has 3 N–H and O–H groups in total. The highest BCUT2D eigenvalue weighted by atomic mass is 19.2. The molecule has 3 aromatic rings. The molecule has 0 aliphatic rings. The smallest absolute Gasteiger partial charge is 0.305 e. The monoisotopic (exact) mass is 565 g/mol. The van der Waals surface area contributed by atoms with Gasteiger partial charge in [-0.3, -0.25) is 9.59 Å². The first-order chi connectivity index (χ1) is 18.8. The molecule has 1 heterocycles. The second-order valence-electron chi connectivity index (χ2n) is 9.91. The molecule has 0 aliphatic carbocycles.